The number of sulfone groups is 1. The third kappa shape index (κ3) is 2.03. The first kappa shape index (κ1) is 13.7. The van der Waals surface area contributed by atoms with Crippen LogP contribution in [0, 0.1) is 0 Å². The second-order valence-electron chi connectivity index (χ2n) is 5.11. The number of hydrogen-bond acceptors (Lipinski definition) is 4. The molecule has 2 rings (SSSR count). The fourth-order valence-corrected chi connectivity index (χ4v) is 5.31. The molecule has 0 bridgehead atoms. The summed E-state index contributed by atoms with van der Waals surface area (Å²) in [6, 6.07) is -0.358. The van der Waals surface area contributed by atoms with Crippen molar-refractivity contribution in [2.24, 2.45) is 0 Å². The fourth-order valence-electron chi connectivity index (χ4n) is 2.80. The Hall–Kier alpha value is -0.690. The molecule has 0 aliphatic carbocycles. The second-order valence-corrected chi connectivity index (χ2v) is 7.63. The molecular formula is C11H18N2O3S2. The Bertz CT molecular complexity index is 487. The van der Waals surface area contributed by atoms with Crippen molar-refractivity contribution in [1.29, 1.82) is 0 Å². The predicted octanol–water partition coefficient (Wildman–Crippen LogP) is 0.399. The van der Waals surface area contributed by atoms with Crippen LogP contribution in [0.15, 0.2) is 0 Å². The van der Waals surface area contributed by atoms with Crippen LogP contribution in [-0.4, -0.2) is 58.9 Å². The van der Waals surface area contributed by atoms with E-state index in [0.29, 0.717) is 11.5 Å². The monoisotopic (exact) mass is 290 g/mol. The summed E-state index contributed by atoms with van der Waals surface area (Å²) in [7, 11) is -3.07. The van der Waals surface area contributed by atoms with E-state index in [0.717, 1.165) is 0 Å². The summed E-state index contributed by atoms with van der Waals surface area (Å²) in [6.07, 6.45) is 0.343. The van der Waals surface area contributed by atoms with Gasteiger partial charge in [0.2, 0.25) is 5.91 Å². The largest absolute Gasteiger partial charge is 0.340 e. The number of amides is 1. The second kappa shape index (κ2) is 4.45. The topological polar surface area (TPSA) is 57.7 Å². The van der Waals surface area contributed by atoms with Gasteiger partial charge in [-0.05, 0) is 26.1 Å². The molecular weight excluding hydrogens is 272 g/mol. The molecule has 0 unspecified atom stereocenters. The van der Waals surface area contributed by atoms with E-state index in [2.05, 4.69) is 0 Å². The minimum Gasteiger partial charge on any atom is -0.340 e. The van der Waals surface area contributed by atoms with E-state index in [-0.39, 0.29) is 35.5 Å². The Morgan fingerprint density at radius 3 is 2.44 bits per heavy atom. The Labute approximate surface area is 113 Å². The molecule has 2 fully saturated rings. The zero-order chi connectivity index (χ0) is 13.7. The molecule has 5 nitrogen and oxygen atoms in total. The van der Waals surface area contributed by atoms with E-state index in [4.69, 9.17) is 12.2 Å². The van der Waals surface area contributed by atoms with Crippen LogP contribution in [0.5, 0.6) is 0 Å². The van der Waals surface area contributed by atoms with Crippen LogP contribution in [0.4, 0.5) is 0 Å². The maximum absolute atomic E-state index is 12.0. The van der Waals surface area contributed by atoms with Crippen LogP contribution in [0.1, 0.15) is 27.2 Å². The van der Waals surface area contributed by atoms with Crippen LogP contribution in [0.25, 0.3) is 0 Å². The fraction of sp³-hybridized carbons (Fsp3) is 0.818. The van der Waals surface area contributed by atoms with Gasteiger partial charge in [-0.15, -0.1) is 0 Å². The molecule has 0 aromatic heterocycles. The first-order valence-corrected chi connectivity index (χ1v) is 8.36. The van der Waals surface area contributed by atoms with Crippen LogP contribution < -0.4 is 0 Å². The first-order chi connectivity index (χ1) is 8.28. The Kier molecular flexibility index (Phi) is 3.40. The third-order valence-electron chi connectivity index (χ3n) is 3.54. The number of hydrogen-bond donors (Lipinski definition) is 0. The van der Waals surface area contributed by atoms with Gasteiger partial charge in [0.15, 0.2) is 14.9 Å². The van der Waals surface area contributed by atoms with Gasteiger partial charge in [-0.3, -0.25) is 9.69 Å². The van der Waals surface area contributed by atoms with E-state index in [1.807, 2.05) is 18.7 Å². The van der Waals surface area contributed by atoms with E-state index in [9.17, 15) is 13.2 Å². The molecule has 2 heterocycles. The molecule has 2 aliphatic heterocycles. The molecule has 18 heavy (non-hydrogen) atoms. The van der Waals surface area contributed by atoms with E-state index >= 15 is 0 Å². The molecule has 0 aromatic rings. The lowest BCUT2D eigenvalue weighted by atomic mass is 10.1. The normalized spacial score (nSPS) is 30.1. The lowest BCUT2D eigenvalue weighted by Gasteiger charge is -2.28. The smallest absolute Gasteiger partial charge is 0.228 e. The van der Waals surface area contributed by atoms with E-state index < -0.39 is 9.84 Å². The summed E-state index contributed by atoms with van der Waals surface area (Å²) in [4.78, 5) is 15.4. The number of rotatable bonds is 2. The summed E-state index contributed by atoms with van der Waals surface area (Å²) in [5.41, 5.74) is 0. The maximum atomic E-state index is 12.0. The van der Waals surface area contributed by atoms with Crippen molar-refractivity contribution in [1.82, 2.24) is 9.80 Å². The lowest BCUT2D eigenvalue weighted by molar-refractivity contribution is -0.127. The van der Waals surface area contributed by atoms with Crippen molar-refractivity contribution in [2.75, 3.05) is 11.5 Å². The van der Waals surface area contributed by atoms with E-state index in [1.165, 1.54) is 4.90 Å². The number of nitrogens with zero attached hydrogens (tertiary/aromatic N) is 2. The summed E-state index contributed by atoms with van der Waals surface area (Å²) >= 11 is 5.35. The summed E-state index contributed by atoms with van der Waals surface area (Å²) in [5.74, 6) is 0.0474. The molecule has 1 amide bonds. The van der Waals surface area contributed by atoms with Crippen molar-refractivity contribution in [3.05, 3.63) is 0 Å². The summed E-state index contributed by atoms with van der Waals surface area (Å²) < 4.78 is 23.5. The molecule has 2 saturated heterocycles. The lowest BCUT2D eigenvalue weighted by Crippen LogP contribution is -2.43. The number of carbonyl (C=O) groups is 1. The zero-order valence-corrected chi connectivity index (χ0v) is 12.4. The molecule has 2 aliphatic rings. The van der Waals surface area contributed by atoms with Gasteiger partial charge in [-0.25, -0.2) is 8.42 Å². The molecule has 102 valence electrons. The van der Waals surface area contributed by atoms with Gasteiger partial charge in [0.1, 0.15) is 0 Å². The van der Waals surface area contributed by atoms with Crippen LogP contribution in [-0.2, 0) is 14.6 Å². The third-order valence-corrected chi connectivity index (χ3v) is 5.64. The van der Waals surface area contributed by atoms with Crippen molar-refractivity contribution >= 4 is 33.1 Å². The average Bonchev–Trinajstić information content (AvgIpc) is 2.65. The number of thiocarbonyl (C=S) groups is 1. The average molecular weight is 290 g/mol. The highest BCUT2D eigenvalue weighted by Gasteiger charge is 2.53. The van der Waals surface area contributed by atoms with Gasteiger partial charge in [0, 0.05) is 12.5 Å². The maximum Gasteiger partial charge on any atom is 0.228 e. The highest BCUT2D eigenvalue weighted by Crippen LogP contribution is 2.33. The molecule has 7 heteroatoms. The van der Waals surface area contributed by atoms with Crippen LogP contribution in [0.3, 0.4) is 0 Å². The summed E-state index contributed by atoms with van der Waals surface area (Å²) in [5, 5.41) is 0.488. The van der Waals surface area contributed by atoms with Gasteiger partial charge in [0.05, 0.1) is 23.6 Å². The van der Waals surface area contributed by atoms with Gasteiger partial charge in [-0.2, -0.15) is 0 Å². The van der Waals surface area contributed by atoms with Crippen molar-refractivity contribution in [3.63, 3.8) is 0 Å². The minimum absolute atomic E-state index is 0.0345. The molecule has 0 spiro atoms. The van der Waals surface area contributed by atoms with Gasteiger partial charge >= 0.3 is 0 Å². The molecule has 0 aromatic carbocycles. The summed E-state index contributed by atoms with van der Waals surface area (Å²) in [6.45, 7) is 5.70. The highest BCUT2D eigenvalue weighted by atomic mass is 32.2. The van der Waals surface area contributed by atoms with E-state index in [1.54, 1.807) is 6.92 Å². The van der Waals surface area contributed by atoms with Crippen molar-refractivity contribution in [2.45, 2.75) is 45.3 Å². The quantitative estimate of drug-likeness (QED) is 0.689. The Morgan fingerprint density at radius 1 is 1.39 bits per heavy atom. The molecule has 0 radical (unpaired) electrons. The molecule has 0 saturated carbocycles. The SMILES string of the molecule is CCC(=O)N1C(=S)N(C(C)C)[C@@H]2CS(=O)(=O)C[C@@H]21. The zero-order valence-electron chi connectivity index (χ0n) is 10.8. The van der Waals surface area contributed by atoms with Gasteiger partial charge < -0.3 is 4.90 Å². The standard InChI is InChI=1S/C11H18N2O3S2/c1-4-10(14)13-9-6-18(15,16)5-8(9)12(7(2)3)11(13)17/h7-9H,4-6H2,1-3H3/t8-,9+/m1/s1. The van der Waals surface area contributed by atoms with Crippen LogP contribution in [0.2, 0.25) is 0 Å². The molecule has 0 N–H and O–H groups in total. The van der Waals surface area contributed by atoms with Crippen molar-refractivity contribution in [3.8, 4) is 0 Å². The Morgan fingerprint density at radius 2 is 1.94 bits per heavy atom. The molecule has 2 atom stereocenters. The van der Waals surface area contributed by atoms with Crippen LogP contribution >= 0.6 is 12.2 Å². The Balaban J connectivity index is 2.39. The van der Waals surface area contributed by atoms with Gasteiger partial charge in [0.25, 0.3) is 0 Å². The van der Waals surface area contributed by atoms with Gasteiger partial charge in [-0.1, -0.05) is 6.92 Å². The first-order valence-electron chi connectivity index (χ1n) is 6.13. The number of fused-ring (bicyclic) bond motifs is 1. The van der Waals surface area contributed by atoms with Crippen molar-refractivity contribution < 1.29 is 13.2 Å². The minimum atomic E-state index is -3.07. The number of carbonyl (C=O) groups excluding carboxylic acids is 1. The highest BCUT2D eigenvalue weighted by molar-refractivity contribution is 7.91. The predicted molar refractivity (Wildman–Crippen MR) is 72.9 cm³/mol.